The number of hydrogen-bond acceptors (Lipinski definition) is 4. The molecule has 0 saturated heterocycles. The largest absolute Gasteiger partial charge is 0.502 e. The van der Waals surface area contributed by atoms with E-state index in [1.165, 1.54) is 13.0 Å². The number of rotatable bonds is 2. The molecule has 0 radical (unpaired) electrons. The van der Waals surface area contributed by atoms with Crippen LogP contribution in [0, 0.1) is 15.9 Å². The van der Waals surface area contributed by atoms with E-state index in [1.807, 2.05) is 0 Å². The Morgan fingerprint density at radius 2 is 2.21 bits per heavy atom. The van der Waals surface area contributed by atoms with Gasteiger partial charge in [-0.15, -0.1) is 0 Å². The third-order valence-corrected chi connectivity index (χ3v) is 1.81. The average molecular weight is 200 g/mol. The Morgan fingerprint density at radius 3 is 2.64 bits per heavy atom. The molecule has 0 amide bonds. The van der Waals surface area contributed by atoms with Gasteiger partial charge in [-0.05, 0) is 13.0 Å². The Morgan fingerprint density at radius 1 is 1.64 bits per heavy atom. The van der Waals surface area contributed by atoms with E-state index < -0.39 is 28.2 Å². The fourth-order valence-electron chi connectivity index (χ4n) is 1.11. The summed E-state index contributed by atoms with van der Waals surface area (Å²) in [6, 6.07) is 1.55. The first kappa shape index (κ1) is 10.4. The first-order valence-electron chi connectivity index (χ1n) is 3.86. The summed E-state index contributed by atoms with van der Waals surface area (Å²) in [6.45, 7) is 1.54. The highest BCUT2D eigenvalue weighted by atomic mass is 19.1. The van der Waals surface area contributed by atoms with E-state index in [4.69, 9.17) is 5.73 Å². The monoisotopic (exact) mass is 200 g/mol. The van der Waals surface area contributed by atoms with Gasteiger partial charge in [-0.3, -0.25) is 10.1 Å². The number of nitrogens with two attached hydrogens (primary N) is 1. The number of nitrogens with zero attached hydrogens (tertiary/aromatic N) is 1. The van der Waals surface area contributed by atoms with E-state index in [-0.39, 0.29) is 5.56 Å². The number of aromatic hydroxyl groups is 1. The van der Waals surface area contributed by atoms with Crippen molar-refractivity contribution in [1.29, 1.82) is 0 Å². The maximum atomic E-state index is 12.9. The van der Waals surface area contributed by atoms with Crippen molar-refractivity contribution in [2.45, 2.75) is 13.0 Å². The van der Waals surface area contributed by atoms with E-state index in [1.54, 1.807) is 0 Å². The van der Waals surface area contributed by atoms with E-state index >= 15 is 0 Å². The molecule has 0 saturated carbocycles. The van der Waals surface area contributed by atoms with Crippen LogP contribution in [0.25, 0.3) is 0 Å². The lowest BCUT2D eigenvalue weighted by Gasteiger charge is -2.08. The van der Waals surface area contributed by atoms with Crippen LogP contribution in [-0.2, 0) is 0 Å². The standard InChI is InChI=1S/C8H9FN2O3/c1-4(10)5-2-3-6(9)7(8(5)12)11(13)14/h2-4,12H,10H2,1H3/t4-/m0/s1. The van der Waals surface area contributed by atoms with Crippen molar-refractivity contribution in [3.05, 3.63) is 33.6 Å². The Labute approximate surface area is 79.1 Å². The van der Waals surface area contributed by atoms with Crippen LogP contribution < -0.4 is 5.73 Å². The number of halogens is 1. The second-order valence-electron chi connectivity index (χ2n) is 2.88. The normalized spacial score (nSPS) is 12.5. The molecule has 76 valence electrons. The summed E-state index contributed by atoms with van der Waals surface area (Å²) in [5.41, 5.74) is 4.65. The van der Waals surface area contributed by atoms with Crippen molar-refractivity contribution < 1.29 is 14.4 Å². The van der Waals surface area contributed by atoms with Gasteiger partial charge in [0, 0.05) is 11.6 Å². The molecule has 3 N–H and O–H groups in total. The van der Waals surface area contributed by atoms with Crippen molar-refractivity contribution in [3.63, 3.8) is 0 Å². The molecule has 0 aromatic heterocycles. The fraction of sp³-hybridized carbons (Fsp3) is 0.250. The number of nitro benzene ring substituents is 1. The number of hydrogen-bond donors (Lipinski definition) is 2. The third kappa shape index (κ3) is 1.64. The van der Waals surface area contributed by atoms with Gasteiger partial charge in [0.2, 0.25) is 11.6 Å². The van der Waals surface area contributed by atoms with Gasteiger partial charge in [-0.25, -0.2) is 0 Å². The highest BCUT2D eigenvalue weighted by Crippen LogP contribution is 2.34. The van der Waals surface area contributed by atoms with E-state index in [0.29, 0.717) is 0 Å². The Balaban J connectivity index is 3.41. The van der Waals surface area contributed by atoms with Gasteiger partial charge in [0.05, 0.1) is 4.92 Å². The minimum absolute atomic E-state index is 0.151. The fourth-order valence-corrected chi connectivity index (χ4v) is 1.11. The molecule has 1 atom stereocenters. The molecule has 0 bridgehead atoms. The Bertz CT molecular complexity index is 379. The van der Waals surface area contributed by atoms with Crippen molar-refractivity contribution in [1.82, 2.24) is 0 Å². The summed E-state index contributed by atoms with van der Waals surface area (Å²) in [5, 5.41) is 19.7. The molecule has 0 heterocycles. The molecule has 1 aromatic rings. The smallest absolute Gasteiger partial charge is 0.346 e. The van der Waals surface area contributed by atoms with E-state index in [0.717, 1.165) is 6.07 Å². The molecular weight excluding hydrogens is 191 g/mol. The first-order valence-corrected chi connectivity index (χ1v) is 3.86. The van der Waals surface area contributed by atoms with Crippen LogP contribution in [0.5, 0.6) is 5.75 Å². The maximum Gasteiger partial charge on any atom is 0.346 e. The zero-order chi connectivity index (χ0) is 10.9. The van der Waals surface area contributed by atoms with Crippen LogP contribution in [0.3, 0.4) is 0 Å². The van der Waals surface area contributed by atoms with Gasteiger partial charge >= 0.3 is 5.69 Å². The zero-order valence-corrected chi connectivity index (χ0v) is 7.40. The first-order chi connectivity index (χ1) is 6.45. The molecule has 0 unspecified atom stereocenters. The van der Waals surface area contributed by atoms with Crippen LogP contribution in [0.15, 0.2) is 12.1 Å². The quantitative estimate of drug-likeness (QED) is 0.558. The molecule has 5 nitrogen and oxygen atoms in total. The molecule has 0 fully saturated rings. The van der Waals surface area contributed by atoms with Crippen LogP contribution >= 0.6 is 0 Å². The second kappa shape index (κ2) is 3.59. The number of nitro groups is 1. The van der Waals surface area contributed by atoms with Crippen LogP contribution in [-0.4, -0.2) is 10.0 Å². The highest BCUT2D eigenvalue weighted by molar-refractivity contribution is 5.52. The summed E-state index contributed by atoms with van der Waals surface area (Å²) in [7, 11) is 0. The summed E-state index contributed by atoms with van der Waals surface area (Å²) >= 11 is 0. The summed E-state index contributed by atoms with van der Waals surface area (Å²) < 4.78 is 12.9. The van der Waals surface area contributed by atoms with Gasteiger partial charge < -0.3 is 10.8 Å². The number of benzene rings is 1. The molecule has 14 heavy (non-hydrogen) atoms. The topological polar surface area (TPSA) is 89.4 Å². The number of phenolic OH excluding ortho intramolecular Hbond substituents is 1. The maximum absolute atomic E-state index is 12.9. The molecule has 0 aliphatic rings. The zero-order valence-electron chi connectivity index (χ0n) is 7.40. The molecule has 6 heteroatoms. The molecule has 0 spiro atoms. The highest BCUT2D eigenvalue weighted by Gasteiger charge is 2.24. The van der Waals surface area contributed by atoms with Crippen LogP contribution in [0.1, 0.15) is 18.5 Å². The van der Waals surface area contributed by atoms with Crippen molar-refractivity contribution in [3.8, 4) is 5.75 Å². The second-order valence-corrected chi connectivity index (χ2v) is 2.88. The molecular formula is C8H9FN2O3. The predicted molar refractivity (Wildman–Crippen MR) is 47.3 cm³/mol. The average Bonchev–Trinajstić information content (AvgIpc) is 2.02. The van der Waals surface area contributed by atoms with Crippen molar-refractivity contribution >= 4 is 5.69 Å². The van der Waals surface area contributed by atoms with Crippen molar-refractivity contribution in [2.75, 3.05) is 0 Å². The molecule has 0 aliphatic carbocycles. The predicted octanol–water partition coefficient (Wildman–Crippen LogP) is 1.46. The van der Waals surface area contributed by atoms with Crippen LogP contribution in [0.4, 0.5) is 10.1 Å². The SMILES string of the molecule is C[C@H](N)c1ccc(F)c([N+](=O)[O-])c1O. The van der Waals surface area contributed by atoms with E-state index in [2.05, 4.69) is 0 Å². The van der Waals surface area contributed by atoms with E-state index in [9.17, 15) is 19.6 Å². The van der Waals surface area contributed by atoms with Crippen LogP contribution in [0.2, 0.25) is 0 Å². The third-order valence-electron chi connectivity index (χ3n) is 1.81. The Kier molecular flexibility index (Phi) is 2.66. The Hall–Kier alpha value is -1.69. The van der Waals surface area contributed by atoms with Gasteiger partial charge in [-0.2, -0.15) is 4.39 Å². The summed E-state index contributed by atoms with van der Waals surface area (Å²) in [4.78, 5) is 9.41. The minimum atomic E-state index is -1.07. The lowest BCUT2D eigenvalue weighted by Crippen LogP contribution is -2.06. The number of phenols is 1. The minimum Gasteiger partial charge on any atom is -0.502 e. The van der Waals surface area contributed by atoms with Gasteiger partial charge in [0.15, 0.2) is 0 Å². The van der Waals surface area contributed by atoms with Crippen molar-refractivity contribution in [2.24, 2.45) is 5.73 Å². The summed E-state index contributed by atoms with van der Waals surface area (Å²) in [6.07, 6.45) is 0. The lowest BCUT2D eigenvalue weighted by atomic mass is 10.1. The molecule has 1 rings (SSSR count). The van der Waals surface area contributed by atoms with Gasteiger partial charge in [-0.1, -0.05) is 6.07 Å². The summed E-state index contributed by atoms with van der Waals surface area (Å²) in [5.74, 6) is -1.78. The van der Waals surface area contributed by atoms with Gasteiger partial charge in [0.1, 0.15) is 0 Å². The van der Waals surface area contributed by atoms with Gasteiger partial charge in [0.25, 0.3) is 0 Å². The lowest BCUT2D eigenvalue weighted by molar-refractivity contribution is -0.388. The molecule has 1 aromatic carbocycles. The molecule has 0 aliphatic heterocycles.